The third kappa shape index (κ3) is 3.23. The van der Waals surface area contributed by atoms with Crippen molar-refractivity contribution < 1.29 is 14.3 Å². The molecule has 0 bridgehead atoms. The molecular formula is C13H17ClN2O3. The first kappa shape index (κ1) is 13.8. The number of urea groups is 1. The fourth-order valence-corrected chi connectivity index (χ4v) is 2.09. The standard InChI is InChI=1S/C13H17ClN2O3/c1-18-11-7-12(19-2)10(6-9(11)14)16-13(17)15-8-4-3-5-8/h6-8H,3-5H2,1-2H3,(H2,15,16,17). The van der Waals surface area contributed by atoms with Gasteiger partial charge in [-0.15, -0.1) is 0 Å². The molecule has 0 aliphatic heterocycles. The molecule has 1 saturated carbocycles. The molecule has 1 fully saturated rings. The van der Waals surface area contributed by atoms with Crippen LogP contribution in [0.4, 0.5) is 10.5 Å². The number of rotatable bonds is 4. The van der Waals surface area contributed by atoms with Crippen LogP contribution in [0.25, 0.3) is 0 Å². The van der Waals surface area contributed by atoms with Gasteiger partial charge in [0, 0.05) is 12.1 Å². The van der Waals surface area contributed by atoms with Crippen LogP contribution < -0.4 is 20.1 Å². The highest BCUT2D eigenvalue weighted by Crippen LogP contribution is 2.35. The number of benzene rings is 1. The lowest BCUT2D eigenvalue weighted by molar-refractivity contribution is 0.240. The molecule has 1 aliphatic carbocycles. The Morgan fingerprint density at radius 2 is 1.95 bits per heavy atom. The number of ether oxygens (including phenoxy) is 2. The van der Waals surface area contributed by atoms with E-state index >= 15 is 0 Å². The van der Waals surface area contributed by atoms with E-state index < -0.39 is 0 Å². The molecule has 1 aromatic rings. The minimum atomic E-state index is -0.246. The Labute approximate surface area is 117 Å². The minimum Gasteiger partial charge on any atom is -0.495 e. The quantitative estimate of drug-likeness (QED) is 0.893. The molecule has 0 saturated heterocycles. The third-order valence-electron chi connectivity index (χ3n) is 3.16. The molecule has 19 heavy (non-hydrogen) atoms. The smallest absolute Gasteiger partial charge is 0.319 e. The predicted octanol–water partition coefficient (Wildman–Crippen LogP) is 3.03. The summed E-state index contributed by atoms with van der Waals surface area (Å²) in [6.45, 7) is 0. The Hall–Kier alpha value is -1.62. The largest absolute Gasteiger partial charge is 0.495 e. The van der Waals surface area contributed by atoms with Gasteiger partial charge in [-0.3, -0.25) is 0 Å². The van der Waals surface area contributed by atoms with Crippen molar-refractivity contribution in [2.75, 3.05) is 19.5 Å². The SMILES string of the molecule is COc1cc(OC)c(NC(=O)NC2CCC2)cc1Cl. The number of carbonyl (C=O) groups is 1. The second-order valence-electron chi connectivity index (χ2n) is 4.41. The molecule has 2 rings (SSSR count). The van der Waals surface area contributed by atoms with E-state index in [1.54, 1.807) is 12.1 Å². The number of anilines is 1. The van der Waals surface area contributed by atoms with E-state index in [0.717, 1.165) is 12.8 Å². The molecule has 2 amide bonds. The summed E-state index contributed by atoms with van der Waals surface area (Å²) in [5.74, 6) is 1.01. The van der Waals surface area contributed by atoms with Crippen LogP contribution in [0.2, 0.25) is 5.02 Å². The topological polar surface area (TPSA) is 59.6 Å². The molecule has 0 aromatic heterocycles. The lowest BCUT2D eigenvalue weighted by Crippen LogP contribution is -2.41. The normalized spacial score (nSPS) is 14.5. The van der Waals surface area contributed by atoms with E-state index in [0.29, 0.717) is 22.2 Å². The molecule has 2 N–H and O–H groups in total. The van der Waals surface area contributed by atoms with Crippen molar-refractivity contribution in [1.29, 1.82) is 0 Å². The van der Waals surface area contributed by atoms with Crippen LogP contribution in [0.15, 0.2) is 12.1 Å². The monoisotopic (exact) mass is 284 g/mol. The molecule has 6 heteroatoms. The van der Waals surface area contributed by atoms with E-state index in [1.807, 2.05) is 0 Å². The maximum Gasteiger partial charge on any atom is 0.319 e. The summed E-state index contributed by atoms with van der Waals surface area (Å²) in [6, 6.07) is 3.28. The number of methoxy groups -OCH3 is 2. The van der Waals surface area contributed by atoms with Gasteiger partial charge in [0.15, 0.2) is 0 Å². The maximum atomic E-state index is 11.8. The summed E-state index contributed by atoms with van der Waals surface area (Å²) in [5.41, 5.74) is 0.519. The highest BCUT2D eigenvalue weighted by molar-refractivity contribution is 6.32. The number of nitrogens with one attached hydrogen (secondary N) is 2. The van der Waals surface area contributed by atoms with E-state index in [1.165, 1.54) is 20.6 Å². The Kier molecular flexibility index (Phi) is 4.37. The molecule has 0 heterocycles. The van der Waals surface area contributed by atoms with Crippen LogP contribution in [0.3, 0.4) is 0 Å². The Balaban J connectivity index is 2.09. The Bertz CT molecular complexity index is 475. The second-order valence-corrected chi connectivity index (χ2v) is 4.82. The van der Waals surface area contributed by atoms with Gasteiger partial charge in [-0.2, -0.15) is 0 Å². The van der Waals surface area contributed by atoms with Crippen molar-refractivity contribution in [2.45, 2.75) is 25.3 Å². The van der Waals surface area contributed by atoms with Crippen molar-refractivity contribution in [2.24, 2.45) is 0 Å². The van der Waals surface area contributed by atoms with Crippen LogP contribution in [0.1, 0.15) is 19.3 Å². The molecular weight excluding hydrogens is 268 g/mol. The summed E-state index contributed by atoms with van der Waals surface area (Å²) >= 11 is 6.03. The number of halogens is 1. The van der Waals surface area contributed by atoms with Crippen LogP contribution in [0, 0.1) is 0 Å². The molecule has 1 aromatic carbocycles. The van der Waals surface area contributed by atoms with Crippen LogP contribution in [-0.4, -0.2) is 26.3 Å². The first-order chi connectivity index (χ1) is 9.13. The lowest BCUT2D eigenvalue weighted by atomic mass is 9.93. The number of carbonyl (C=O) groups excluding carboxylic acids is 1. The summed E-state index contributed by atoms with van der Waals surface area (Å²) in [5, 5.41) is 6.04. The molecule has 0 atom stereocenters. The zero-order valence-electron chi connectivity index (χ0n) is 11.0. The van der Waals surface area contributed by atoms with Crippen molar-refractivity contribution in [3.8, 4) is 11.5 Å². The Morgan fingerprint density at radius 3 is 2.47 bits per heavy atom. The highest BCUT2D eigenvalue weighted by Gasteiger charge is 2.20. The first-order valence-electron chi connectivity index (χ1n) is 6.13. The zero-order valence-corrected chi connectivity index (χ0v) is 11.7. The predicted molar refractivity (Wildman–Crippen MR) is 74.3 cm³/mol. The van der Waals surface area contributed by atoms with Crippen LogP contribution in [0.5, 0.6) is 11.5 Å². The zero-order chi connectivity index (χ0) is 13.8. The molecule has 104 valence electrons. The van der Waals surface area contributed by atoms with Crippen molar-refractivity contribution in [3.63, 3.8) is 0 Å². The van der Waals surface area contributed by atoms with Crippen molar-refractivity contribution >= 4 is 23.3 Å². The fourth-order valence-electron chi connectivity index (χ4n) is 1.85. The number of hydrogen-bond acceptors (Lipinski definition) is 3. The van der Waals surface area contributed by atoms with Gasteiger partial charge in [-0.1, -0.05) is 11.6 Å². The van der Waals surface area contributed by atoms with Gasteiger partial charge in [0.1, 0.15) is 11.5 Å². The summed E-state index contributed by atoms with van der Waals surface area (Å²) in [4.78, 5) is 11.8. The van der Waals surface area contributed by atoms with Gasteiger partial charge in [-0.05, 0) is 25.3 Å². The maximum absolute atomic E-state index is 11.8. The second kappa shape index (κ2) is 6.02. The summed E-state index contributed by atoms with van der Waals surface area (Å²) in [7, 11) is 3.05. The van der Waals surface area contributed by atoms with Crippen LogP contribution in [-0.2, 0) is 0 Å². The lowest BCUT2D eigenvalue weighted by Gasteiger charge is -2.26. The van der Waals surface area contributed by atoms with Gasteiger partial charge in [0.2, 0.25) is 0 Å². The molecule has 0 unspecified atom stereocenters. The number of amides is 2. The molecule has 0 radical (unpaired) electrons. The van der Waals surface area contributed by atoms with E-state index in [9.17, 15) is 4.79 Å². The Morgan fingerprint density at radius 1 is 1.26 bits per heavy atom. The van der Waals surface area contributed by atoms with Crippen LogP contribution >= 0.6 is 11.6 Å². The average Bonchev–Trinajstić information content (AvgIpc) is 2.34. The third-order valence-corrected chi connectivity index (χ3v) is 3.46. The molecule has 0 spiro atoms. The van der Waals surface area contributed by atoms with Gasteiger partial charge >= 0.3 is 6.03 Å². The van der Waals surface area contributed by atoms with Gasteiger partial charge < -0.3 is 20.1 Å². The minimum absolute atomic E-state index is 0.246. The average molecular weight is 285 g/mol. The molecule has 5 nitrogen and oxygen atoms in total. The van der Waals surface area contributed by atoms with E-state index in [-0.39, 0.29) is 12.1 Å². The van der Waals surface area contributed by atoms with Gasteiger partial charge in [-0.25, -0.2) is 4.79 Å². The van der Waals surface area contributed by atoms with Gasteiger partial charge in [0.05, 0.1) is 24.9 Å². The van der Waals surface area contributed by atoms with Gasteiger partial charge in [0.25, 0.3) is 0 Å². The fraction of sp³-hybridized carbons (Fsp3) is 0.462. The molecule has 1 aliphatic rings. The van der Waals surface area contributed by atoms with E-state index in [2.05, 4.69) is 10.6 Å². The number of hydrogen-bond donors (Lipinski definition) is 2. The highest BCUT2D eigenvalue weighted by atomic mass is 35.5. The first-order valence-corrected chi connectivity index (χ1v) is 6.51. The van der Waals surface area contributed by atoms with E-state index in [4.69, 9.17) is 21.1 Å². The van der Waals surface area contributed by atoms with Crippen molar-refractivity contribution in [3.05, 3.63) is 17.2 Å². The summed E-state index contributed by atoms with van der Waals surface area (Å²) in [6.07, 6.45) is 3.24. The summed E-state index contributed by atoms with van der Waals surface area (Å²) < 4.78 is 10.3. The van der Waals surface area contributed by atoms with Crippen molar-refractivity contribution in [1.82, 2.24) is 5.32 Å².